The van der Waals surface area contributed by atoms with Gasteiger partial charge in [0.1, 0.15) is 11.4 Å². The highest BCUT2D eigenvalue weighted by atomic mass is 16.5. The Kier molecular flexibility index (Phi) is 5.74. The van der Waals surface area contributed by atoms with Gasteiger partial charge in [-0.05, 0) is 39.0 Å². The van der Waals surface area contributed by atoms with Crippen molar-refractivity contribution < 1.29 is 9.84 Å². The first-order valence-corrected chi connectivity index (χ1v) is 11.0. The second-order valence-corrected chi connectivity index (χ2v) is 10.1. The minimum absolute atomic E-state index is 0.149. The number of aromatic nitrogens is 2. The monoisotopic (exact) mass is 374 g/mol. The molecule has 1 aromatic rings. The van der Waals surface area contributed by atoms with Crippen molar-refractivity contribution in [3.05, 3.63) is 11.4 Å². The first-order valence-electron chi connectivity index (χ1n) is 11.0. The molecule has 3 rings (SSSR count). The fourth-order valence-corrected chi connectivity index (χ4v) is 5.10. The number of nitrogens with zero attached hydrogens (tertiary/aromatic N) is 2. The molecule has 4 nitrogen and oxygen atoms in total. The number of aromatic hydroxyl groups is 1. The van der Waals surface area contributed by atoms with Crippen LogP contribution in [0.5, 0.6) is 11.8 Å². The van der Waals surface area contributed by atoms with Crippen LogP contribution < -0.4 is 4.74 Å². The quantitative estimate of drug-likeness (QED) is 0.609. The van der Waals surface area contributed by atoms with E-state index in [0.29, 0.717) is 29.5 Å². The van der Waals surface area contributed by atoms with Crippen LogP contribution in [0.3, 0.4) is 0 Å². The smallest absolute Gasteiger partial charge is 0.224 e. The highest BCUT2D eigenvalue weighted by molar-refractivity contribution is 5.42. The Hall–Kier alpha value is -1.32. The Balaban J connectivity index is 1.91. The predicted octanol–water partition coefficient (Wildman–Crippen LogP) is 6.12. The standard InChI is InChI=1S/C23H38N2O2/c1-7-8-9-10-13-22(3,4)21-24-19(26)18-16-14-15(2)11-12-17(16)23(5,6)27-20(18)25-21/h15-17H,7-14H2,1-6H3,(H,24,25,26)/t15-,16-,17+/m1/s1. The third kappa shape index (κ3) is 4.09. The summed E-state index contributed by atoms with van der Waals surface area (Å²) in [6.07, 6.45) is 9.39. The first kappa shape index (κ1) is 20.4. The molecule has 1 aromatic heterocycles. The number of hydrogen-bond acceptors (Lipinski definition) is 4. The SMILES string of the molecule is CCCCCCC(C)(C)c1nc(O)c2c(n1)OC(C)(C)[C@H]1CC[C@@H](C)C[C@@H]21. The summed E-state index contributed by atoms with van der Waals surface area (Å²) < 4.78 is 6.37. The van der Waals surface area contributed by atoms with Gasteiger partial charge in [-0.3, -0.25) is 0 Å². The third-order valence-electron chi connectivity index (χ3n) is 6.89. The lowest BCUT2D eigenvalue weighted by atomic mass is 9.65. The molecule has 3 atom stereocenters. The molecule has 152 valence electrons. The van der Waals surface area contributed by atoms with E-state index in [9.17, 15) is 5.11 Å². The Labute approximate surface area is 165 Å². The van der Waals surface area contributed by atoms with Crippen molar-refractivity contribution in [3.63, 3.8) is 0 Å². The summed E-state index contributed by atoms with van der Waals surface area (Å²) in [5.41, 5.74) is 0.447. The highest BCUT2D eigenvalue weighted by Gasteiger charge is 2.48. The van der Waals surface area contributed by atoms with Crippen LogP contribution in [-0.4, -0.2) is 20.7 Å². The minimum Gasteiger partial charge on any atom is -0.493 e. The minimum atomic E-state index is -0.249. The zero-order valence-corrected chi connectivity index (χ0v) is 18.1. The molecule has 0 saturated heterocycles. The number of unbranched alkanes of at least 4 members (excludes halogenated alkanes) is 3. The molecule has 0 spiro atoms. The molecular formula is C23H38N2O2. The van der Waals surface area contributed by atoms with Crippen LogP contribution in [0.1, 0.15) is 110 Å². The number of rotatable bonds is 6. The zero-order chi connectivity index (χ0) is 19.8. The van der Waals surface area contributed by atoms with Crippen LogP contribution in [0.4, 0.5) is 0 Å². The van der Waals surface area contributed by atoms with Crippen molar-refractivity contribution in [2.45, 2.75) is 110 Å². The van der Waals surface area contributed by atoms with E-state index in [1.54, 1.807) is 0 Å². The summed E-state index contributed by atoms with van der Waals surface area (Å²) in [5.74, 6) is 2.88. The molecule has 1 saturated carbocycles. The van der Waals surface area contributed by atoms with Crippen molar-refractivity contribution >= 4 is 0 Å². The van der Waals surface area contributed by atoms with Crippen molar-refractivity contribution in [3.8, 4) is 11.8 Å². The fraction of sp³-hybridized carbons (Fsp3) is 0.826. The molecule has 0 unspecified atom stereocenters. The average Bonchev–Trinajstić information content (AvgIpc) is 2.57. The van der Waals surface area contributed by atoms with Gasteiger partial charge in [0, 0.05) is 17.3 Å². The first-order chi connectivity index (χ1) is 12.7. The number of hydrogen-bond donors (Lipinski definition) is 1. The van der Waals surface area contributed by atoms with Crippen LogP contribution in [0.2, 0.25) is 0 Å². The molecule has 1 N–H and O–H groups in total. The molecule has 1 aliphatic heterocycles. The second-order valence-electron chi connectivity index (χ2n) is 10.1. The summed E-state index contributed by atoms with van der Waals surface area (Å²) in [6, 6.07) is 0. The summed E-state index contributed by atoms with van der Waals surface area (Å²) >= 11 is 0. The Bertz CT molecular complexity index is 669. The van der Waals surface area contributed by atoms with E-state index in [2.05, 4.69) is 46.5 Å². The van der Waals surface area contributed by atoms with Gasteiger partial charge in [0.25, 0.3) is 0 Å². The molecular weight excluding hydrogens is 336 g/mol. The molecule has 0 bridgehead atoms. The van der Waals surface area contributed by atoms with Crippen molar-refractivity contribution in [1.29, 1.82) is 0 Å². The normalized spacial score (nSPS) is 26.8. The molecule has 2 aliphatic rings. The maximum Gasteiger partial charge on any atom is 0.224 e. The van der Waals surface area contributed by atoms with Gasteiger partial charge in [-0.2, -0.15) is 9.97 Å². The van der Waals surface area contributed by atoms with Crippen molar-refractivity contribution in [1.82, 2.24) is 9.97 Å². The largest absolute Gasteiger partial charge is 0.493 e. The van der Waals surface area contributed by atoms with Gasteiger partial charge in [-0.25, -0.2) is 0 Å². The van der Waals surface area contributed by atoms with Crippen molar-refractivity contribution in [2.24, 2.45) is 11.8 Å². The lowest BCUT2D eigenvalue weighted by molar-refractivity contribution is -0.0195. The molecule has 0 amide bonds. The van der Waals surface area contributed by atoms with Gasteiger partial charge in [-0.1, -0.05) is 59.8 Å². The Morgan fingerprint density at radius 1 is 1.15 bits per heavy atom. The second kappa shape index (κ2) is 7.60. The lowest BCUT2D eigenvalue weighted by Crippen LogP contribution is -2.47. The molecule has 1 aliphatic carbocycles. The summed E-state index contributed by atoms with van der Waals surface area (Å²) in [4.78, 5) is 9.45. The molecule has 2 heterocycles. The van der Waals surface area contributed by atoms with Crippen molar-refractivity contribution in [2.75, 3.05) is 0 Å². The van der Waals surface area contributed by atoms with Crippen LogP contribution in [0, 0.1) is 11.8 Å². The summed E-state index contributed by atoms with van der Waals surface area (Å²) in [6.45, 7) is 13.3. The van der Waals surface area contributed by atoms with Gasteiger partial charge in [0.05, 0.1) is 5.56 Å². The average molecular weight is 375 g/mol. The number of ether oxygens (including phenoxy) is 1. The van der Waals surface area contributed by atoms with E-state index in [4.69, 9.17) is 9.72 Å². The van der Waals surface area contributed by atoms with E-state index in [1.807, 2.05) is 0 Å². The maximum atomic E-state index is 10.9. The van der Waals surface area contributed by atoms with Gasteiger partial charge in [0.2, 0.25) is 11.8 Å². The van der Waals surface area contributed by atoms with Crippen LogP contribution in [-0.2, 0) is 5.41 Å². The van der Waals surface area contributed by atoms with Gasteiger partial charge >= 0.3 is 0 Å². The summed E-state index contributed by atoms with van der Waals surface area (Å²) in [7, 11) is 0. The fourth-order valence-electron chi connectivity index (χ4n) is 5.10. The predicted molar refractivity (Wildman–Crippen MR) is 109 cm³/mol. The number of fused-ring (bicyclic) bond motifs is 3. The van der Waals surface area contributed by atoms with Crippen LogP contribution in [0.15, 0.2) is 0 Å². The molecule has 4 heteroatoms. The Morgan fingerprint density at radius 3 is 2.59 bits per heavy atom. The Morgan fingerprint density at radius 2 is 1.89 bits per heavy atom. The van der Waals surface area contributed by atoms with E-state index >= 15 is 0 Å². The molecule has 0 aromatic carbocycles. The topological polar surface area (TPSA) is 55.2 Å². The van der Waals surface area contributed by atoms with E-state index in [0.717, 1.165) is 31.2 Å². The highest BCUT2D eigenvalue weighted by Crippen LogP contribution is 2.54. The van der Waals surface area contributed by atoms with E-state index in [1.165, 1.54) is 25.7 Å². The lowest BCUT2D eigenvalue weighted by Gasteiger charge is -2.48. The maximum absolute atomic E-state index is 10.9. The van der Waals surface area contributed by atoms with Crippen LogP contribution >= 0.6 is 0 Å². The zero-order valence-electron chi connectivity index (χ0n) is 18.1. The van der Waals surface area contributed by atoms with Gasteiger partial charge in [-0.15, -0.1) is 0 Å². The molecule has 27 heavy (non-hydrogen) atoms. The van der Waals surface area contributed by atoms with Crippen LogP contribution in [0.25, 0.3) is 0 Å². The third-order valence-corrected chi connectivity index (χ3v) is 6.89. The van der Waals surface area contributed by atoms with E-state index < -0.39 is 0 Å². The molecule has 1 fully saturated rings. The van der Waals surface area contributed by atoms with E-state index in [-0.39, 0.29) is 16.9 Å². The van der Waals surface area contributed by atoms with Gasteiger partial charge < -0.3 is 9.84 Å². The molecule has 0 radical (unpaired) electrons. The summed E-state index contributed by atoms with van der Waals surface area (Å²) in [5, 5.41) is 10.9. The van der Waals surface area contributed by atoms with Gasteiger partial charge in [0.15, 0.2) is 0 Å².